The van der Waals surface area contributed by atoms with Gasteiger partial charge in [0.25, 0.3) is 5.97 Å². The summed E-state index contributed by atoms with van der Waals surface area (Å²) in [5.74, 6) is -0.919. The summed E-state index contributed by atoms with van der Waals surface area (Å²) in [5.41, 5.74) is 5.48. The van der Waals surface area contributed by atoms with E-state index in [0.717, 1.165) is 0 Å². The van der Waals surface area contributed by atoms with Gasteiger partial charge in [0.2, 0.25) is 0 Å². The van der Waals surface area contributed by atoms with Gasteiger partial charge in [-0.2, -0.15) is 0 Å². The first-order valence-electron chi connectivity index (χ1n) is 3.80. The fourth-order valence-electron chi connectivity index (χ4n) is 1.28. The van der Waals surface area contributed by atoms with Crippen molar-refractivity contribution in [3.8, 4) is 0 Å². The molecule has 0 aromatic heterocycles. The number of hydrogen-bond donors (Lipinski definition) is 1. The molecule has 0 amide bonds. The molecule has 2 bridgehead atoms. The fraction of sp³-hybridized carbons (Fsp3) is 1.00. The molecule has 64 valence electrons. The van der Waals surface area contributed by atoms with Gasteiger partial charge in [-0.15, -0.1) is 0 Å². The molecular formula is C7H13NO3. The van der Waals surface area contributed by atoms with Gasteiger partial charge in [0, 0.05) is 5.41 Å². The number of rotatable bonds is 1. The maximum Gasteiger partial charge on any atom is 0.296 e. The highest BCUT2D eigenvalue weighted by molar-refractivity contribution is 4.84. The van der Waals surface area contributed by atoms with Gasteiger partial charge in [-0.3, -0.25) is 0 Å². The van der Waals surface area contributed by atoms with Gasteiger partial charge in [-0.25, -0.2) is 0 Å². The maximum atomic E-state index is 5.44. The Hall–Kier alpha value is -0.160. The van der Waals surface area contributed by atoms with Crippen molar-refractivity contribution in [2.75, 3.05) is 26.4 Å². The van der Waals surface area contributed by atoms with Crippen LogP contribution in [0.2, 0.25) is 0 Å². The topological polar surface area (TPSA) is 53.7 Å². The van der Waals surface area contributed by atoms with Crippen molar-refractivity contribution >= 4 is 0 Å². The second-order valence-corrected chi connectivity index (χ2v) is 3.56. The molecule has 0 radical (unpaired) electrons. The lowest BCUT2D eigenvalue weighted by molar-refractivity contribution is -0.460. The van der Waals surface area contributed by atoms with Crippen molar-refractivity contribution < 1.29 is 14.2 Å². The van der Waals surface area contributed by atoms with Crippen molar-refractivity contribution in [2.45, 2.75) is 12.9 Å². The van der Waals surface area contributed by atoms with Gasteiger partial charge >= 0.3 is 0 Å². The lowest BCUT2D eigenvalue weighted by Crippen LogP contribution is -2.61. The lowest BCUT2D eigenvalue weighted by atomic mass is 9.92. The summed E-state index contributed by atoms with van der Waals surface area (Å²) in [6.07, 6.45) is 0. The van der Waals surface area contributed by atoms with Crippen molar-refractivity contribution in [3.05, 3.63) is 0 Å². The summed E-state index contributed by atoms with van der Waals surface area (Å²) in [6.45, 7) is 4.40. The third-order valence-corrected chi connectivity index (χ3v) is 2.17. The molecule has 0 atom stereocenters. The third kappa shape index (κ3) is 1.06. The van der Waals surface area contributed by atoms with E-state index < -0.39 is 5.97 Å². The molecule has 4 nitrogen and oxygen atoms in total. The Morgan fingerprint density at radius 1 is 1.18 bits per heavy atom. The number of fused-ring (bicyclic) bond motifs is 3. The van der Waals surface area contributed by atoms with Gasteiger partial charge in [0.1, 0.15) is 0 Å². The number of nitrogens with two attached hydrogens (primary N) is 1. The maximum absolute atomic E-state index is 5.44. The van der Waals surface area contributed by atoms with E-state index in [1.54, 1.807) is 0 Å². The zero-order valence-corrected chi connectivity index (χ0v) is 6.63. The second kappa shape index (κ2) is 2.17. The van der Waals surface area contributed by atoms with Crippen LogP contribution in [0.4, 0.5) is 0 Å². The monoisotopic (exact) mass is 159 g/mol. The van der Waals surface area contributed by atoms with Gasteiger partial charge < -0.3 is 19.9 Å². The first-order chi connectivity index (χ1) is 5.18. The Morgan fingerprint density at radius 3 is 2.00 bits per heavy atom. The van der Waals surface area contributed by atoms with Gasteiger partial charge in [-0.1, -0.05) is 6.92 Å². The highest BCUT2D eigenvalue weighted by Gasteiger charge is 2.49. The van der Waals surface area contributed by atoms with Gasteiger partial charge in [0.05, 0.1) is 26.4 Å². The van der Waals surface area contributed by atoms with Crippen LogP contribution in [0.15, 0.2) is 0 Å². The smallest absolute Gasteiger partial charge is 0.296 e. The molecule has 3 saturated heterocycles. The van der Waals surface area contributed by atoms with E-state index in [0.29, 0.717) is 19.8 Å². The molecule has 3 aliphatic rings. The predicted molar refractivity (Wildman–Crippen MR) is 37.7 cm³/mol. The minimum atomic E-state index is -0.919. The van der Waals surface area contributed by atoms with Crippen LogP contribution in [0, 0.1) is 5.41 Å². The van der Waals surface area contributed by atoms with Crippen LogP contribution in [-0.2, 0) is 14.2 Å². The molecule has 3 heterocycles. The molecule has 0 aromatic rings. The minimum absolute atomic E-state index is 0.0386. The molecule has 11 heavy (non-hydrogen) atoms. The molecule has 4 heteroatoms. The first kappa shape index (κ1) is 7.49. The summed E-state index contributed by atoms with van der Waals surface area (Å²) in [7, 11) is 0. The van der Waals surface area contributed by atoms with Crippen molar-refractivity contribution in [1.29, 1.82) is 0 Å². The van der Waals surface area contributed by atoms with Crippen LogP contribution in [-0.4, -0.2) is 32.3 Å². The van der Waals surface area contributed by atoms with E-state index in [-0.39, 0.29) is 12.0 Å². The summed E-state index contributed by atoms with van der Waals surface area (Å²) in [6, 6.07) is 0. The molecule has 0 aromatic carbocycles. The zero-order chi connectivity index (χ0) is 7.95. The van der Waals surface area contributed by atoms with Crippen LogP contribution < -0.4 is 5.73 Å². The van der Waals surface area contributed by atoms with Gasteiger partial charge in [-0.05, 0) is 0 Å². The number of ether oxygens (including phenoxy) is 3. The molecule has 0 saturated carbocycles. The normalized spacial score (nSPS) is 49.6. The molecule has 2 N–H and O–H groups in total. The number of hydrogen-bond acceptors (Lipinski definition) is 4. The average molecular weight is 159 g/mol. The molecule has 3 aliphatic heterocycles. The Labute approximate surface area is 65.6 Å². The highest BCUT2D eigenvalue weighted by atomic mass is 16.9. The van der Waals surface area contributed by atoms with Crippen molar-refractivity contribution in [3.63, 3.8) is 0 Å². The molecule has 0 aliphatic carbocycles. The van der Waals surface area contributed by atoms with Crippen LogP contribution >= 0.6 is 0 Å². The third-order valence-electron chi connectivity index (χ3n) is 2.17. The summed E-state index contributed by atoms with van der Waals surface area (Å²) in [5, 5.41) is 0. The van der Waals surface area contributed by atoms with E-state index in [1.807, 2.05) is 0 Å². The van der Waals surface area contributed by atoms with E-state index >= 15 is 0 Å². The van der Waals surface area contributed by atoms with Crippen LogP contribution in [0.1, 0.15) is 6.92 Å². The second-order valence-electron chi connectivity index (χ2n) is 3.56. The zero-order valence-electron chi connectivity index (χ0n) is 6.63. The minimum Gasteiger partial charge on any atom is -0.326 e. The molecule has 3 fully saturated rings. The van der Waals surface area contributed by atoms with Crippen molar-refractivity contribution in [1.82, 2.24) is 0 Å². The van der Waals surface area contributed by atoms with E-state index in [1.165, 1.54) is 0 Å². The standard InChI is InChI=1S/C7H13NO3/c1-6-3-9-7(2-8,10-4-6)11-5-6/h2-5,8H2,1H3. The quantitative estimate of drug-likeness (QED) is 0.570. The van der Waals surface area contributed by atoms with E-state index in [4.69, 9.17) is 19.9 Å². The average Bonchev–Trinajstić information content (AvgIpc) is 2.07. The molecular weight excluding hydrogens is 146 g/mol. The SMILES string of the molecule is CC12COC(CN)(OC1)OC2. The van der Waals surface area contributed by atoms with Gasteiger partial charge in [0.15, 0.2) is 0 Å². The highest BCUT2D eigenvalue weighted by Crippen LogP contribution is 2.36. The Kier molecular flexibility index (Phi) is 1.47. The van der Waals surface area contributed by atoms with Crippen LogP contribution in [0.5, 0.6) is 0 Å². The predicted octanol–water partition coefficient (Wildman–Crippen LogP) is -0.318. The largest absolute Gasteiger partial charge is 0.326 e. The summed E-state index contributed by atoms with van der Waals surface area (Å²) >= 11 is 0. The van der Waals surface area contributed by atoms with E-state index in [9.17, 15) is 0 Å². The molecule has 0 spiro atoms. The van der Waals surface area contributed by atoms with Crippen LogP contribution in [0.25, 0.3) is 0 Å². The first-order valence-corrected chi connectivity index (χ1v) is 3.80. The van der Waals surface area contributed by atoms with Crippen molar-refractivity contribution in [2.24, 2.45) is 11.1 Å². The van der Waals surface area contributed by atoms with Crippen LogP contribution in [0.3, 0.4) is 0 Å². The molecule has 3 rings (SSSR count). The Balaban J connectivity index is 2.12. The Bertz CT molecular complexity index is 147. The summed E-state index contributed by atoms with van der Waals surface area (Å²) < 4.78 is 16.0. The summed E-state index contributed by atoms with van der Waals surface area (Å²) in [4.78, 5) is 0. The fourth-order valence-corrected chi connectivity index (χ4v) is 1.28. The molecule has 0 unspecified atom stereocenters. The lowest BCUT2D eigenvalue weighted by Gasteiger charge is -2.49. The Morgan fingerprint density at radius 2 is 1.64 bits per heavy atom. The van der Waals surface area contributed by atoms with E-state index in [2.05, 4.69) is 6.92 Å².